The quantitative estimate of drug-likeness (QED) is 0.248. The zero-order chi connectivity index (χ0) is 35.8. The van der Waals surface area contributed by atoms with Crippen LogP contribution in [-0.4, -0.2) is 105 Å². The first-order chi connectivity index (χ1) is 21.7. The summed E-state index contributed by atoms with van der Waals surface area (Å²) < 4.78 is 6.32. The number of ether oxygens (including phenoxy) is 1. The predicted octanol–water partition coefficient (Wildman–Crippen LogP) is 4.42. The van der Waals surface area contributed by atoms with E-state index in [4.69, 9.17) is 4.74 Å². The summed E-state index contributed by atoms with van der Waals surface area (Å²) in [4.78, 5) is 59.5. The number of hydrogen-bond donors (Lipinski definition) is 2. The first kappa shape index (κ1) is 39.0. The van der Waals surface area contributed by atoms with Crippen molar-refractivity contribution in [2.75, 3.05) is 20.6 Å². The summed E-state index contributed by atoms with van der Waals surface area (Å²) in [7, 11) is 3.10. The number of likely N-dealkylation sites (tertiary alicyclic amines) is 1. The molecule has 2 N–H and O–H groups in total. The Kier molecular flexibility index (Phi) is 12.4. The molecule has 0 aromatic rings. The molecule has 47 heavy (non-hydrogen) atoms. The molecule has 9 atom stereocenters. The van der Waals surface area contributed by atoms with Gasteiger partial charge >= 0.3 is 5.97 Å². The third-order valence-corrected chi connectivity index (χ3v) is 11.7. The number of allylic oxidation sites excluding steroid dienone is 1. The van der Waals surface area contributed by atoms with Crippen LogP contribution in [0.3, 0.4) is 0 Å². The lowest BCUT2D eigenvalue weighted by Gasteiger charge is -2.57. The van der Waals surface area contributed by atoms with Crippen LogP contribution in [0.15, 0.2) is 12.2 Å². The fourth-order valence-electron chi connectivity index (χ4n) is 8.69. The van der Waals surface area contributed by atoms with E-state index in [2.05, 4.69) is 13.5 Å². The second-order valence-corrected chi connectivity index (χ2v) is 16.4. The third kappa shape index (κ3) is 7.90. The van der Waals surface area contributed by atoms with Gasteiger partial charge in [0.15, 0.2) is 0 Å². The van der Waals surface area contributed by atoms with Crippen molar-refractivity contribution in [2.24, 2.45) is 35.0 Å². The molecule has 0 aromatic carbocycles. The molecule has 0 aromatic heterocycles. The molecule has 10 nitrogen and oxygen atoms in total. The van der Waals surface area contributed by atoms with E-state index in [-0.39, 0.29) is 41.1 Å². The highest BCUT2D eigenvalue weighted by molar-refractivity contribution is 5.94. The molecule has 0 radical (unpaired) electrons. The minimum Gasteiger partial charge on any atom is -0.460 e. The number of amides is 3. The first-order valence-corrected chi connectivity index (χ1v) is 17.8. The van der Waals surface area contributed by atoms with Gasteiger partial charge in [-0.3, -0.25) is 14.4 Å². The van der Waals surface area contributed by atoms with Crippen LogP contribution >= 0.6 is 0 Å². The Morgan fingerprint density at radius 1 is 0.872 bits per heavy atom. The van der Waals surface area contributed by atoms with Gasteiger partial charge in [-0.2, -0.15) is 0 Å². The van der Waals surface area contributed by atoms with Gasteiger partial charge in [0.1, 0.15) is 30.3 Å². The Labute approximate surface area is 283 Å². The van der Waals surface area contributed by atoms with Crippen molar-refractivity contribution in [1.29, 1.82) is 0 Å². The Balaban J connectivity index is 1.81. The number of carbonyl (C=O) groups is 4. The summed E-state index contributed by atoms with van der Waals surface area (Å²) >= 11 is 0. The number of aliphatic hydroxyl groups is 2. The number of fused-ring (bicyclic) bond motifs is 1. The van der Waals surface area contributed by atoms with Crippen LogP contribution in [0.2, 0.25) is 0 Å². The Morgan fingerprint density at radius 2 is 1.45 bits per heavy atom. The maximum atomic E-state index is 14.3. The van der Waals surface area contributed by atoms with Crippen LogP contribution in [0.25, 0.3) is 0 Å². The van der Waals surface area contributed by atoms with E-state index < -0.39 is 47.6 Å². The molecule has 1 aliphatic heterocycles. The zero-order valence-corrected chi connectivity index (χ0v) is 30.9. The smallest absolute Gasteiger partial charge is 0.329 e. The fraction of sp³-hybridized carbons (Fsp3) is 0.838. The number of rotatable bonds is 11. The normalized spacial score (nSPS) is 31.3. The summed E-state index contributed by atoms with van der Waals surface area (Å²) in [6, 6.07) is -2.50. The van der Waals surface area contributed by atoms with Crippen LogP contribution in [0, 0.1) is 35.0 Å². The molecule has 268 valence electrons. The molecule has 10 heteroatoms. The average molecular weight is 662 g/mol. The Morgan fingerprint density at radius 3 is 1.98 bits per heavy atom. The number of esters is 1. The second kappa shape index (κ2) is 15.0. The van der Waals surface area contributed by atoms with Crippen LogP contribution in [-0.2, 0) is 23.9 Å². The molecular weight excluding hydrogens is 598 g/mol. The molecule has 1 heterocycles. The minimum absolute atomic E-state index is 0.0381. The van der Waals surface area contributed by atoms with Gasteiger partial charge in [0.2, 0.25) is 11.8 Å². The highest BCUT2D eigenvalue weighted by Gasteiger charge is 2.57. The van der Waals surface area contributed by atoms with E-state index in [0.717, 1.165) is 24.8 Å². The molecule has 3 rings (SSSR count). The van der Waals surface area contributed by atoms with E-state index >= 15 is 0 Å². The molecule has 2 saturated carbocycles. The molecular formula is C37H63N3O7. The monoisotopic (exact) mass is 661 g/mol. The molecule has 3 aliphatic rings. The molecule has 3 amide bonds. The van der Waals surface area contributed by atoms with Crippen molar-refractivity contribution in [2.45, 2.75) is 143 Å². The summed E-state index contributed by atoms with van der Waals surface area (Å²) in [6.07, 6.45) is 3.18. The molecule has 0 bridgehead atoms. The van der Waals surface area contributed by atoms with Gasteiger partial charge < -0.3 is 29.6 Å². The van der Waals surface area contributed by atoms with Crippen LogP contribution in [0.1, 0.15) is 107 Å². The van der Waals surface area contributed by atoms with Crippen molar-refractivity contribution in [3.05, 3.63) is 12.2 Å². The lowest BCUT2D eigenvalue weighted by molar-refractivity contribution is -0.199. The number of nitrogens with zero attached hydrogens (tertiary/aromatic N) is 3. The minimum atomic E-state index is -1.24. The summed E-state index contributed by atoms with van der Waals surface area (Å²) in [5, 5.41) is 21.9. The second-order valence-electron chi connectivity index (χ2n) is 16.4. The van der Waals surface area contributed by atoms with Gasteiger partial charge in [-0.25, -0.2) is 4.79 Å². The summed E-state index contributed by atoms with van der Waals surface area (Å²) in [5.41, 5.74) is -0.124. The van der Waals surface area contributed by atoms with Crippen molar-refractivity contribution < 1.29 is 34.1 Å². The van der Waals surface area contributed by atoms with Crippen molar-refractivity contribution in [3.63, 3.8) is 0 Å². The highest BCUT2D eigenvalue weighted by atomic mass is 16.5. The average Bonchev–Trinajstić information content (AvgIpc) is 3.47. The molecule has 2 aliphatic carbocycles. The Bertz CT molecular complexity index is 1180. The van der Waals surface area contributed by atoms with E-state index in [1.807, 2.05) is 41.5 Å². The van der Waals surface area contributed by atoms with Gasteiger partial charge in [-0.15, -0.1) is 0 Å². The number of likely N-dealkylation sites (N-methyl/N-ethyl adjacent to an activating group) is 2. The number of aliphatic hydroxyl groups excluding tert-OH is 1. The largest absolute Gasteiger partial charge is 0.460 e. The van der Waals surface area contributed by atoms with Crippen LogP contribution in [0.5, 0.6) is 0 Å². The van der Waals surface area contributed by atoms with E-state index in [9.17, 15) is 29.4 Å². The van der Waals surface area contributed by atoms with Gasteiger partial charge in [-0.05, 0) is 88.4 Å². The molecule has 1 saturated heterocycles. The number of carbonyl (C=O) groups excluding carboxylic acids is 4. The lowest BCUT2D eigenvalue weighted by Crippen LogP contribution is -2.60. The maximum Gasteiger partial charge on any atom is 0.329 e. The lowest BCUT2D eigenvalue weighted by atomic mass is 9.52. The first-order valence-electron chi connectivity index (χ1n) is 17.8. The summed E-state index contributed by atoms with van der Waals surface area (Å²) in [5.74, 6) is -2.24. The molecule has 0 spiro atoms. The van der Waals surface area contributed by atoms with Crippen LogP contribution in [0.4, 0.5) is 0 Å². The summed E-state index contributed by atoms with van der Waals surface area (Å²) in [6.45, 7) is 21.5. The highest BCUT2D eigenvalue weighted by Crippen LogP contribution is 2.57. The third-order valence-electron chi connectivity index (χ3n) is 11.7. The van der Waals surface area contributed by atoms with E-state index in [1.165, 1.54) is 16.8 Å². The van der Waals surface area contributed by atoms with E-state index in [0.29, 0.717) is 38.1 Å². The molecule has 0 unspecified atom stereocenters. The van der Waals surface area contributed by atoms with Gasteiger partial charge in [0.05, 0.1) is 5.60 Å². The van der Waals surface area contributed by atoms with Crippen LogP contribution < -0.4 is 0 Å². The standard InChI is InChI=1S/C37H63N3O7/c1-21(2)25-15-17-36(9)27(20-25)37(10,46)18-16-28(36)47-35(45)26-14-13-19-40(26)33(43)30(23(5)6)38(11)32(42)29(22(3)4)39(12)34(44)31(41)24(7)8/h22-31,41,46H,1,13-20H2,2-12H3/t25-,26-,27-,28-,29-,30-,31+,36-,37-/m0/s1. The topological polar surface area (TPSA) is 128 Å². The maximum absolute atomic E-state index is 14.3. The van der Waals surface area contributed by atoms with E-state index in [1.54, 1.807) is 25.8 Å². The van der Waals surface area contributed by atoms with Gasteiger partial charge in [0.25, 0.3) is 5.91 Å². The van der Waals surface area contributed by atoms with Crippen molar-refractivity contribution in [1.82, 2.24) is 14.7 Å². The van der Waals surface area contributed by atoms with Gasteiger partial charge in [-0.1, -0.05) is 60.6 Å². The number of hydrogen-bond acceptors (Lipinski definition) is 7. The van der Waals surface area contributed by atoms with Gasteiger partial charge in [0, 0.05) is 26.1 Å². The SMILES string of the molecule is C=C(C)[C@H]1CC[C@]2(C)[C@@H](OC(=O)[C@@H]3CCCN3C(=O)[C@H](C(C)C)N(C)C(=O)[C@H](C(C)C)N(C)C(=O)[C@H](O)C(C)C)CC[C@](C)(O)[C@H]2C1. The zero-order valence-electron chi connectivity index (χ0n) is 30.9. The molecule has 3 fully saturated rings. The van der Waals surface area contributed by atoms with Crippen molar-refractivity contribution >= 4 is 23.7 Å². The Hall–Kier alpha value is -2.46. The predicted molar refractivity (Wildman–Crippen MR) is 182 cm³/mol. The fourth-order valence-corrected chi connectivity index (χ4v) is 8.69. The van der Waals surface area contributed by atoms with Crippen molar-refractivity contribution in [3.8, 4) is 0 Å².